The summed E-state index contributed by atoms with van der Waals surface area (Å²) in [4.78, 5) is 26.2. The van der Waals surface area contributed by atoms with Crippen molar-refractivity contribution in [2.45, 2.75) is 89.3 Å². The Balaban J connectivity index is 2.01. The van der Waals surface area contributed by atoms with Crippen LogP contribution >= 0.6 is 0 Å². The third-order valence-corrected chi connectivity index (χ3v) is 11.5. The molecule has 0 saturated carbocycles. The summed E-state index contributed by atoms with van der Waals surface area (Å²) >= 11 is 0. The van der Waals surface area contributed by atoms with Gasteiger partial charge in [0.1, 0.15) is 12.6 Å². The zero-order valence-corrected chi connectivity index (χ0v) is 21.0. The number of benzene rings is 1. The number of cyclic esters (lactones) is 1. The molecular formula is C25H39NO5Si. The normalized spacial score (nSPS) is 19.3. The zero-order chi connectivity index (χ0) is 23.8. The summed E-state index contributed by atoms with van der Waals surface area (Å²) < 4.78 is 11.9. The maximum atomic E-state index is 12.9. The second kappa shape index (κ2) is 11.8. The van der Waals surface area contributed by atoms with Crippen LogP contribution in [0.25, 0.3) is 0 Å². The van der Waals surface area contributed by atoms with E-state index in [0.717, 1.165) is 28.6 Å². The lowest BCUT2D eigenvalue weighted by molar-refractivity contribution is -0.131. The van der Waals surface area contributed by atoms with Gasteiger partial charge in [-0.2, -0.15) is 0 Å². The summed E-state index contributed by atoms with van der Waals surface area (Å²) in [6, 6.07) is 12.0. The highest BCUT2D eigenvalue weighted by molar-refractivity contribution is 6.73. The summed E-state index contributed by atoms with van der Waals surface area (Å²) in [5, 5.41) is 10.7. The fourth-order valence-corrected chi connectivity index (χ4v) is 7.64. The Morgan fingerprint density at radius 3 is 2.50 bits per heavy atom. The maximum absolute atomic E-state index is 12.9. The molecule has 1 N–H and O–H groups in total. The van der Waals surface area contributed by atoms with Gasteiger partial charge in [-0.1, -0.05) is 57.2 Å². The van der Waals surface area contributed by atoms with E-state index in [1.54, 1.807) is 0 Å². The molecule has 1 aliphatic rings. The number of carbonyl (C=O) groups is 2. The molecule has 178 valence electrons. The maximum Gasteiger partial charge on any atom is 0.417 e. The van der Waals surface area contributed by atoms with Gasteiger partial charge in [-0.3, -0.25) is 4.79 Å². The summed E-state index contributed by atoms with van der Waals surface area (Å²) in [6.07, 6.45) is 1.95. The van der Waals surface area contributed by atoms with Crippen molar-refractivity contribution in [1.82, 2.24) is 4.90 Å². The van der Waals surface area contributed by atoms with E-state index in [-0.39, 0.29) is 13.0 Å². The molecule has 3 atom stereocenters. The van der Waals surface area contributed by atoms with Crippen LogP contribution < -0.4 is 0 Å². The first kappa shape index (κ1) is 26.3. The highest BCUT2D eigenvalue weighted by atomic mass is 28.4. The molecule has 32 heavy (non-hydrogen) atoms. The van der Waals surface area contributed by atoms with Gasteiger partial charge < -0.3 is 14.3 Å². The number of hydrogen-bond donors (Lipinski definition) is 1. The van der Waals surface area contributed by atoms with Crippen molar-refractivity contribution in [1.29, 1.82) is 0 Å². The largest absolute Gasteiger partial charge is 0.446 e. The van der Waals surface area contributed by atoms with Gasteiger partial charge >= 0.3 is 6.09 Å². The lowest BCUT2D eigenvalue weighted by Crippen LogP contribution is -2.46. The smallest absolute Gasteiger partial charge is 0.417 e. The number of ether oxygens (including phenoxy) is 1. The van der Waals surface area contributed by atoms with Gasteiger partial charge in [0, 0.05) is 0 Å². The van der Waals surface area contributed by atoms with Crippen LogP contribution in [0.4, 0.5) is 4.79 Å². The van der Waals surface area contributed by atoms with Crippen LogP contribution in [0.15, 0.2) is 43.0 Å². The Kier molecular flexibility index (Phi) is 9.67. The molecule has 1 fully saturated rings. The van der Waals surface area contributed by atoms with Crippen LogP contribution in [0, 0.1) is 0 Å². The van der Waals surface area contributed by atoms with Gasteiger partial charge in [0.05, 0.1) is 18.1 Å². The number of rotatable bonds is 13. The fourth-order valence-electron chi connectivity index (χ4n) is 4.48. The Hall–Kier alpha value is -1.96. The van der Waals surface area contributed by atoms with Crippen LogP contribution in [-0.4, -0.2) is 48.6 Å². The predicted molar refractivity (Wildman–Crippen MR) is 129 cm³/mol. The SMILES string of the molecule is C=CCC(C)(CC[C@@H](O)CC(=O)N1C(=O)OC[C@@H]1c1ccccc1)O[Si](CC)(CC)CC. The highest BCUT2D eigenvalue weighted by Crippen LogP contribution is 2.34. The average Bonchev–Trinajstić information content (AvgIpc) is 3.19. The molecule has 0 aromatic heterocycles. The van der Waals surface area contributed by atoms with Crippen molar-refractivity contribution < 1.29 is 23.9 Å². The minimum absolute atomic E-state index is 0.124. The van der Waals surface area contributed by atoms with Gasteiger partial charge in [-0.05, 0) is 49.9 Å². The van der Waals surface area contributed by atoms with Crippen molar-refractivity contribution in [3.63, 3.8) is 0 Å². The molecule has 0 aliphatic carbocycles. The van der Waals surface area contributed by atoms with E-state index in [2.05, 4.69) is 34.3 Å². The van der Waals surface area contributed by atoms with E-state index in [1.165, 1.54) is 0 Å². The summed E-state index contributed by atoms with van der Waals surface area (Å²) in [6.45, 7) is 12.7. The Labute approximate surface area is 193 Å². The second-order valence-electron chi connectivity index (χ2n) is 8.95. The van der Waals surface area contributed by atoms with Crippen molar-refractivity contribution in [3.05, 3.63) is 48.6 Å². The lowest BCUT2D eigenvalue weighted by atomic mass is 9.93. The molecule has 1 aliphatic heterocycles. The molecular weight excluding hydrogens is 422 g/mol. The molecule has 0 radical (unpaired) electrons. The number of hydrogen-bond acceptors (Lipinski definition) is 5. The Bertz CT molecular complexity index is 759. The number of aliphatic hydroxyl groups is 1. The van der Waals surface area contributed by atoms with E-state index >= 15 is 0 Å². The fraction of sp³-hybridized carbons (Fsp3) is 0.600. The first-order chi connectivity index (χ1) is 15.2. The minimum Gasteiger partial charge on any atom is -0.446 e. The zero-order valence-electron chi connectivity index (χ0n) is 20.0. The molecule has 1 saturated heterocycles. The van der Waals surface area contributed by atoms with Gasteiger partial charge in [-0.15, -0.1) is 6.58 Å². The average molecular weight is 462 g/mol. The molecule has 0 bridgehead atoms. The number of nitrogens with zero attached hydrogens (tertiary/aromatic N) is 1. The van der Waals surface area contributed by atoms with E-state index in [9.17, 15) is 14.7 Å². The third-order valence-electron chi connectivity index (χ3n) is 6.71. The molecule has 2 amide bonds. The summed E-state index contributed by atoms with van der Waals surface area (Å²) in [7, 11) is -1.84. The van der Waals surface area contributed by atoms with Crippen molar-refractivity contribution in [2.24, 2.45) is 0 Å². The van der Waals surface area contributed by atoms with E-state index < -0.39 is 38.1 Å². The first-order valence-corrected chi connectivity index (χ1v) is 14.3. The Morgan fingerprint density at radius 2 is 1.94 bits per heavy atom. The number of amides is 2. The van der Waals surface area contributed by atoms with E-state index in [1.807, 2.05) is 36.4 Å². The van der Waals surface area contributed by atoms with E-state index in [4.69, 9.17) is 9.16 Å². The molecule has 1 unspecified atom stereocenters. The second-order valence-corrected chi connectivity index (χ2v) is 13.6. The standard InChI is InChI=1S/C25H39NO5Si/c1-6-16-25(5,31-32(7-2,8-3)9-4)17-15-21(27)18-23(28)26-22(19-30-24(26)29)20-13-11-10-12-14-20/h6,10-14,21-22,27H,1,7-9,15-19H2,2-5H3/t21-,22-,25?/m1/s1. The molecule has 2 rings (SSSR count). The van der Waals surface area contributed by atoms with Crippen molar-refractivity contribution >= 4 is 20.3 Å². The van der Waals surface area contributed by atoms with Crippen molar-refractivity contribution in [3.8, 4) is 0 Å². The molecule has 1 heterocycles. The predicted octanol–water partition coefficient (Wildman–Crippen LogP) is 5.59. The van der Waals surface area contributed by atoms with Crippen LogP contribution in [0.1, 0.15) is 65.0 Å². The molecule has 7 heteroatoms. The summed E-state index contributed by atoms with van der Waals surface area (Å²) in [5.41, 5.74) is 0.423. The number of aliphatic hydroxyl groups excluding tert-OH is 1. The monoisotopic (exact) mass is 461 g/mol. The highest BCUT2D eigenvalue weighted by Gasteiger charge is 2.40. The molecule has 1 aromatic rings. The number of carbonyl (C=O) groups excluding carboxylic acids is 2. The summed E-state index contributed by atoms with van der Waals surface area (Å²) in [5.74, 6) is -0.417. The third kappa shape index (κ3) is 6.53. The first-order valence-electron chi connectivity index (χ1n) is 11.8. The topological polar surface area (TPSA) is 76.1 Å². The van der Waals surface area contributed by atoms with Crippen LogP contribution in [0.2, 0.25) is 18.1 Å². The number of imide groups is 1. The van der Waals surface area contributed by atoms with E-state index in [0.29, 0.717) is 19.3 Å². The molecule has 0 spiro atoms. The molecule has 6 nitrogen and oxygen atoms in total. The Morgan fingerprint density at radius 1 is 1.31 bits per heavy atom. The van der Waals surface area contributed by atoms with Gasteiger partial charge in [0.2, 0.25) is 5.91 Å². The van der Waals surface area contributed by atoms with Crippen LogP contribution in [0.5, 0.6) is 0 Å². The molecule has 1 aromatic carbocycles. The van der Waals surface area contributed by atoms with Crippen molar-refractivity contribution in [2.75, 3.05) is 6.61 Å². The quantitative estimate of drug-likeness (QED) is 0.306. The van der Waals surface area contributed by atoms with Crippen LogP contribution in [0.3, 0.4) is 0 Å². The van der Waals surface area contributed by atoms with Gasteiger partial charge in [-0.25, -0.2) is 9.69 Å². The lowest BCUT2D eigenvalue weighted by Gasteiger charge is -2.40. The van der Waals surface area contributed by atoms with Gasteiger partial charge in [0.15, 0.2) is 8.32 Å². The minimum atomic E-state index is -1.84. The van der Waals surface area contributed by atoms with Gasteiger partial charge in [0.25, 0.3) is 0 Å². The van der Waals surface area contributed by atoms with Crippen LogP contribution in [-0.2, 0) is 14.0 Å².